The molecule has 0 N–H and O–H groups in total. The molecule has 1 fully saturated rings. The van der Waals surface area contributed by atoms with Crippen molar-refractivity contribution in [2.24, 2.45) is 5.92 Å². The van der Waals surface area contributed by atoms with E-state index in [9.17, 15) is 0 Å². The van der Waals surface area contributed by atoms with E-state index in [1.54, 1.807) is 0 Å². The summed E-state index contributed by atoms with van der Waals surface area (Å²) in [6.07, 6.45) is 1.46. The van der Waals surface area contributed by atoms with Crippen LogP contribution in [0.3, 0.4) is 0 Å². The lowest BCUT2D eigenvalue weighted by atomic mass is 10.0. The molecule has 0 unspecified atom stereocenters. The maximum atomic E-state index is 5.53. The van der Waals surface area contributed by atoms with Gasteiger partial charge in [0.2, 0.25) is 0 Å². The molecule has 0 amide bonds. The second-order valence-electron chi connectivity index (χ2n) is 5.05. The first-order chi connectivity index (χ1) is 9.86. The van der Waals surface area contributed by atoms with Gasteiger partial charge in [0.15, 0.2) is 0 Å². The van der Waals surface area contributed by atoms with Crippen LogP contribution >= 0.6 is 0 Å². The van der Waals surface area contributed by atoms with E-state index in [-0.39, 0.29) is 0 Å². The average Bonchev–Trinajstić information content (AvgIpc) is 3.25. The maximum Gasteiger partial charge on any atom is 0.0726 e. The lowest BCUT2D eigenvalue weighted by molar-refractivity contribution is 0.127. The number of hydrogen-bond acceptors (Lipinski definition) is 1. The Labute approximate surface area is 120 Å². The van der Waals surface area contributed by atoms with E-state index in [1.165, 1.54) is 11.1 Å². The van der Waals surface area contributed by atoms with Gasteiger partial charge in [0, 0.05) is 18.1 Å². The van der Waals surface area contributed by atoms with Gasteiger partial charge in [-0.1, -0.05) is 54.3 Å². The van der Waals surface area contributed by atoms with Crippen molar-refractivity contribution >= 4 is 0 Å². The van der Waals surface area contributed by atoms with E-state index in [0.717, 1.165) is 18.6 Å². The third kappa shape index (κ3) is 3.10. The van der Waals surface area contributed by atoms with Crippen LogP contribution < -0.4 is 0 Å². The molecule has 0 heterocycles. The van der Waals surface area contributed by atoms with Gasteiger partial charge in [0.1, 0.15) is 0 Å². The molecule has 1 nitrogen and oxygen atoms in total. The molecule has 0 spiro atoms. The largest absolute Gasteiger partial charge is 0.377 e. The van der Waals surface area contributed by atoms with Crippen LogP contribution in [0.25, 0.3) is 11.1 Å². The van der Waals surface area contributed by atoms with Crippen LogP contribution in [0.15, 0.2) is 54.6 Å². The number of rotatable bonds is 3. The Hall–Kier alpha value is -2.04. The first-order valence-electron chi connectivity index (χ1n) is 7.15. The van der Waals surface area contributed by atoms with Gasteiger partial charge >= 0.3 is 0 Å². The molecular formula is C19H18O. The Morgan fingerprint density at radius 2 is 1.70 bits per heavy atom. The van der Waals surface area contributed by atoms with Crippen molar-refractivity contribution in [3.05, 3.63) is 60.2 Å². The Morgan fingerprint density at radius 3 is 2.40 bits per heavy atom. The lowest BCUT2D eigenvalue weighted by Crippen LogP contribution is -1.94. The second-order valence-corrected chi connectivity index (χ2v) is 5.05. The Balaban J connectivity index is 1.67. The highest BCUT2D eigenvalue weighted by molar-refractivity contribution is 5.64. The summed E-state index contributed by atoms with van der Waals surface area (Å²) in [6.45, 7) is 2.82. The molecule has 1 saturated carbocycles. The van der Waals surface area contributed by atoms with Gasteiger partial charge < -0.3 is 4.74 Å². The van der Waals surface area contributed by atoms with E-state index in [4.69, 9.17) is 4.74 Å². The fraction of sp³-hybridized carbons (Fsp3) is 0.263. The van der Waals surface area contributed by atoms with Crippen LogP contribution in [0.5, 0.6) is 0 Å². The molecule has 3 rings (SSSR count). The van der Waals surface area contributed by atoms with Crippen LogP contribution in [0.4, 0.5) is 0 Å². The zero-order valence-electron chi connectivity index (χ0n) is 11.7. The third-order valence-electron chi connectivity index (χ3n) is 3.51. The topological polar surface area (TPSA) is 9.23 Å². The van der Waals surface area contributed by atoms with Crippen molar-refractivity contribution in [2.75, 3.05) is 6.61 Å². The predicted octanol–water partition coefficient (Wildman–Crippen LogP) is 4.13. The summed E-state index contributed by atoms with van der Waals surface area (Å²) in [7, 11) is 0. The lowest BCUT2D eigenvalue weighted by Gasteiger charge is -2.00. The molecule has 2 atom stereocenters. The molecule has 1 aliphatic rings. The average molecular weight is 262 g/mol. The van der Waals surface area contributed by atoms with Crippen LogP contribution in [0.2, 0.25) is 0 Å². The summed E-state index contributed by atoms with van der Waals surface area (Å²) in [5.74, 6) is 6.97. The third-order valence-corrected chi connectivity index (χ3v) is 3.51. The molecule has 0 bridgehead atoms. The molecular weight excluding hydrogens is 244 g/mol. The summed E-state index contributed by atoms with van der Waals surface area (Å²) in [5, 5.41) is 0. The molecule has 20 heavy (non-hydrogen) atoms. The van der Waals surface area contributed by atoms with Crippen LogP contribution in [0, 0.1) is 17.8 Å². The minimum atomic E-state index is 0.371. The van der Waals surface area contributed by atoms with Gasteiger partial charge in [0.05, 0.1) is 6.10 Å². The van der Waals surface area contributed by atoms with E-state index < -0.39 is 0 Å². The molecule has 2 aromatic carbocycles. The molecule has 0 aromatic heterocycles. The zero-order chi connectivity index (χ0) is 13.8. The van der Waals surface area contributed by atoms with Crippen molar-refractivity contribution in [1.29, 1.82) is 0 Å². The Kier molecular flexibility index (Phi) is 3.85. The second kappa shape index (κ2) is 5.94. The van der Waals surface area contributed by atoms with Gasteiger partial charge in [-0.2, -0.15) is 0 Å². The molecule has 1 aliphatic carbocycles. The minimum absolute atomic E-state index is 0.371. The molecule has 0 aliphatic heterocycles. The SMILES string of the molecule is CCO[C@@H]1C[C@H]1C#Cc1ccc(-c2ccccc2)cc1. The summed E-state index contributed by atoms with van der Waals surface area (Å²) in [4.78, 5) is 0. The minimum Gasteiger partial charge on any atom is -0.377 e. The van der Waals surface area contributed by atoms with Gasteiger partial charge in [0.25, 0.3) is 0 Å². The van der Waals surface area contributed by atoms with Crippen molar-refractivity contribution in [1.82, 2.24) is 0 Å². The molecule has 0 saturated heterocycles. The van der Waals surface area contributed by atoms with E-state index >= 15 is 0 Å². The Morgan fingerprint density at radius 1 is 1.00 bits per heavy atom. The first-order valence-corrected chi connectivity index (χ1v) is 7.15. The maximum absolute atomic E-state index is 5.53. The normalized spacial score (nSPS) is 20.1. The highest BCUT2D eigenvalue weighted by Crippen LogP contribution is 2.32. The van der Waals surface area contributed by atoms with Crippen LogP contribution in [-0.2, 0) is 4.74 Å². The van der Waals surface area contributed by atoms with Crippen molar-refractivity contribution in [3.8, 4) is 23.0 Å². The molecule has 100 valence electrons. The summed E-state index contributed by atoms with van der Waals surface area (Å²) in [6, 6.07) is 18.8. The first kappa shape index (κ1) is 13.0. The highest BCUT2D eigenvalue weighted by atomic mass is 16.5. The number of hydrogen-bond donors (Lipinski definition) is 0. The fourth-order valence-electron chi connectivity index (χ4n) is 2.27. The molecule has 2 aromatic rings. The van der Waals surface area contributed by atoms with Crippen molar-refractivity contribution in [3.63, 3.8) is 0 Å². The van der Waals surface area contributed by atoms with Crippen LogP contribution in [0.1, 0.15) is 18.9 Å². The number of benzene rings is 2. The fourth-order valence-corrected chi connectivity index (χ4v) is 2.27. The summed E-state index contributed by atoms with van der Waals surface area (Å²) in [5.41, 5.74) is 3.55. The zero-order valence-corrected chi connectivity index (χ0v) is 11.7. The van der Waals surface area contributed by atoms with Crippen molar-refractivity contribution < 1.29 is 4.74 Å². The monoisotopic (exact) mass is 262 g/mol. The standard InChI is InChI=1S/C19H18O/c1-2-20-19-14-18(19)13-10-15-8-11-17(12-9-15)16-6-4-3-5-7-16/h3-9,11-12,18-19H,2,14H2,1H3/t18-,19-/m1/s1. The summed E-state index contributed by atoms with van der Waals surface area (Å²) < 4.78 is 5.53. The quantitative estimate of drug-likeness (QED) is 0.756. The van der Waals surface area contributed by atoms with Gasteiger partial charge in [-0.05, 0) is 36.6 Å². The van der Waals surface area contributed by atoms with E-state index in [1.807, 2.05) is 13.0 Å². The number of ether oxygens (including phenoxy) is 1. The van der Waals surface area contributed by atoms with Gasteiger partial charge in [-0.25, -0.2) is 0 Å². The van der Waals surface area contributed by atoms with Crippen molar-refractivity contribution in [2.45, 2.75) is 19.4 Å². The van der Waals surface area contributed by atoms with E-state index in [2.05, 4.69) is 60.4 Å². The van der Waals surface area contributed by atoms with Gasteiger partial charge in [-0.15, -0.1) is 0 Å². The Bertz CT molecular complexity index is 616. The van der Waals surface area contributed by atoms with E-state index in [0.29, 0.717) is 12.0 Å². The smallest absolute Gasteiger partial charge is 0.0726 e. The molecule has 1 heteroatoms. The summed E-state index contributed by atoms with van der Waals surface area (Å²) >= 11 is 0. The van der Waals surface area contributed by atoms with Crippen LogP contribution in [-0.4, -0.2) is 12.7 Å². The van der Waals surface area contributed by atoms with Gasteiger partial charge in [-0.3, -0.25) is 0 Å². The predicted molar refractivity (Wildman–Crippen MR) is 82.3 cm³/mol. The highest BCUT2D eigenvalue weighted by Gasteiger charge is 2.36. The molecule has 0 radical (unpaired) electrons.